The summed E-state index contributed by atoms with van der Waals surface area (Å²) >= 11 is 8.17. The van der Waals surface area contributed by atoms with Crippen molar-refractivity contribution in [3.8, 4) is 11.1 Å². The van der Waals surface area contributed by atoms with Crippen molar-refractivity contribution >= 4 is 56.9 Å². The van der Waals surface area contributed by atoms with Gasteiger partial charge >= 0.3 is 5.97 Å². The fraction of sp³-hybridized carbons (Fsp3) is 0.150. The minimum absolute atomic E-state index is 0.163. The number of nitrogens with one attached hydrogen (secondary N) is 3. The van der Waals surface area contributed by atoms with Crippen molar-refractivity contribution < 1.29 is 14.3 Å². The molecule has 0 saturated heterocycles. The van der Waals surface area contributed by atoms with E-state index in [1.165, 1.54) is 29.8 Å². The van der Waals surface area contributed by atoms with Gasteiger partial charge in [0.2, 0.25) is 0 Å². The number of rotatable bonds is 4. The zero-order valence-corrected chi connectivity index (χ0v) is 18.4. The van der Waals surface area contributed by atoms with Gasteiger partial charge in [-0.1, -0.05) is 30.3 Å². The van der Waals surface area contributed by atoms with Crippen LogP contribution in [-0.2, 0) is 4.74 Å². The molecule has 0 aliphatic heterocycles. The second kappa shape index (κ2) is 9.17. The molecule has 3 rings (SSSR count). The molecule has 1 aromatic carbocycles. The van der Waals surface area contributed by atoms with Crippen LogP contribution in [0.4, 0.5) is 5.00 Å². The Kier molecular flexibility index (Phi) is 6.63. The van der Waals surface area contributed by atoms with Crippen LogP contribution >= 0.6 is 34.9 Å². The zero-order chi connectivity index (χ0) is 21.0. The van der Waals surface area contributed by atoms with Crippen molar-refractivity contribution in [2.24, 2.45) is 0 Å². The van der Waals surface area contributed by atoms with Crippen LogP contribution in [0.15, 0.2) is 41.8 Å². The average Bonchev–Trinajstić information content (AvgIpc) is 3.29. The smallest absolute Gasteiger partial charge is 0.341 e. The van der Waals surface area contributed by atoms with Gasteiger partial charge in [0.05, 0.1) is 12.7 Å². The Labute approximate surface area is 181 Å². The molecule has 2 heterocycles. The summed E-state index contributed by atoms with van der Waals surface area (Å²) in [6.07, 6.45) is 0. The average molecular weight is 446 g/mol. The van der Waals surface area contributed by atoms with Gasteiger partial charge in [0, 0.05) is 20.7 Å². The van der Waals surface area contributed by atoms with E-state index in [1.54, 1.807) is 11.4 Å². The number of hydrogen-bond donors (Lipinski definition) is 3. The van der Waals surface area contributed by atoms with E-state index in [-0.39, 0.29) is 11.0 Å². The molecule has 9 heteroatoms. The number of benzene rings is 1. The van der Waals surface area contributed by atoms with Crippen LogP contribution in [0.1, 0.15) is 30.5 Å². The highest BCUT2D eigenvalue weighted by Gasteiger charge is 2.24. The van der Waals surface area contributed by atoms with Gasteiger partial charge in [-0.25, -0.2) is 4.79 Å². The van der Waals surface area contributed by atoms with Crippen molar-refractivity contribution in [2.75, 3.05) is 12.4 Å². The summed E-state index contributed by atoms with van der Waals surface area (Å²) in [6, 6.07) is 11.4. The highest BCUT2D eigenvalue weighted by molar-refractivity contribution is 7.80. The van der Waals surface area contributed by atoms with Crippen LogP contribution in [0.5, 0.6) is 0 Å². The van der Waals surface area contributed by atoms with Gasteiger partial charge in [-0.05, 0) is 37.7 Å². The molecule has 0 saturated carbocycles. The van der Waals surface area contributed by atoms with E-state index in [0.29, 0.717) is 16.1 Å². The third-order valence-corrected chi connectivity index (χ3v) is 6.13. The van der Waals surface area contributed by atoms with Gasteiger partial charge in [-0.3, -0.25) is 15.6 Å². The Morgan fingerprint density at radius 1 is 1.10 bits per heavy atom. The van der Waals surface area contributed by atoms with E-state index in [0.717, 1.165) is 20.9 Å². The van der Waals surface area contributed by atoms with Crippen LogP contribution in [0.2, 0.25) is 0 Å². The first-order valence-electron chi connectivity index (χ1n) is 8.60. The Hall–Kier alpha value is -2.75. The number of hydrogen-bond acceptors (Lipinski definition) is 6. The summed E-state index contributed by atoms with van der Waals surface area (Å²) in [5, 5.41) is 5.48. The minimum atomic E-state index is -0.462. The fourth-order valence-corrected chi connectivity index (χ4v) is 4.73. The van der Waals surface area contributed by atoms with Gasteiger partial charge in [-0.2, -0.15) is 0 Å². The zero-order valence-electron chi connectivity index (χ0n) is 16.0. The number of carbonyl (C=O) groups excluding carboxylic acids is 2. The number of carbonyl (C=O) groups is 2. The van der Waals surface area contributed by atoms with E-state index in [4.69, 9.17) is 17.0 Å². The largest absolute Gasteiger partial charge is 0.465 e. The third-order valence-electron chi connectivity index (χ3n) is 4.05. The minimum Gasteiger partial charge on any atom is -0.465 e. The molecule has 1 amide bonds. The monoisotopic (exact) mass is 445 g/mol. The maximum absolute atomic E-state index is 12.5. The van der Waals surface area contributed by atoms with Crippen LogP contribution in [-0.4, -0.2) is 24.1 Å². The SMILES string of the molecule is COC(=O)c1c(NC(=S)NNC(=O)c2csc(C)c2)sc(C)c1-c1ccccc1. The van der Waals surface area contributed by atoms with Gasteiger partial charge in [-0.15, -0.1) is 22.7 Å². The van der Waals surface area contributed by atoms with Crippen molar-refractivity contribution in [1.82, 2.24) is 10.9 Å². The Morgan fingerprint density at radius 3 is 2.45 bits per heavy atom. The summed E-state index contributed by atoms with van der Waals surface area (Å²) in [5.41, 5.74) is 7.89. The Balaban J connectivity index is 1.79. The molecule has 0 aliphatic carbocycles. The number of ether oxygens (including phenoxy) is 1. The second-order valence-electron chi connectivity index (χ2n) is 6.07. The van der Waals surface area contributed by atoms with Crippen molar-refractivity contribution in [2.45, 2.75) is 13.8 Å². The molecule has 0 radical (unpaired) electrons. The lowest BCUT2D eigenvalue weighted by atomic mass is 10.0. The highest BCUT2D eigenvalue weighted by Crippen LogP contribution is 2.40. The lowest BCUT2D eigenvalue weighted by molar-refractivity contribution is 0.0603. The predicted molar refractivity (Wildman–Crippen MR) is 122 cm³/mol. The molecule has 0 unspecified atom stereocenters. The highest BCUT2D eigenvalue weighted by atomic mass is 32.1. The number of hydrazine groups is 1. The number of aryl methyl sites for hydroxylation is 2. The second-order valence-corrected chi connectivity index (χ2v) is 8.82. The molecule has 0 aliphatic rings. The Morgan fingerprint density at radius 2 is 1.83 bits per heavy atom. The molecule has 3 N–H and O–H groups in total. The van der Waals surface area contributed by atoms with Crippen LogP contribution in [0, 0.1) is 13.8 Å². The maximum atomic E-state index is 12.5. The Bertz CT molecular complexity index is 1060. The lowest BCUT2D eigenvalue weighted by Gasteiger charge is -2.12. The number of esters is 1. The van der Waals surface area contributed by atoms with E-state index < -0.39 is 5.97 Å². The van der Waals surface area contributed by atoms with Crippen LogP contribution < -0.4 is 16.2 Å². The molecule has 3 aromatic rings. The van der Waals surface area contributed by atoms with Crippen molar-refractivity contribution in [3.05, 3.63) is 62.7 Å². The molecular formula is C20H19N3O3S3. The molecule has 0 atom stereocenters. The van der Waals surface area contributed by atoms with Gasteiger partial charge < -0.3 is 10.1 Å². The molecule has 2 aromatic heterocycles. The third kappa shape index (κ3) is 4.81. The van der Waals surface area contributed by atoms with Gasteiger partial charge in [0.25, 0.3) is 5.91 Å². The topological polar surface area (TPSA) is 79.5 Å². The lowest BCUT2D eigenvalue weighted by Crippen LogP contribution is -2.43. The summed E-state index contributed by atoms with van der Waals surface area (Å²) in [6.45, 7) is 3.86. The van der Waals surface area contributed by atoms with Gasteiger partial charge in [0.1, 0.15) is 10.6 Å². The molecule has 150 valence electrons. The first-order chi connectivity index (χ1) is 13.9. The summed E-state index contributed by atoms with van der Waals surface area (Å²) in [4.78, 5) is 26.6. The summed E-state index contributed by atoms with van der Waals surface area (Å²) in [7, 11) is 1.34. The van der Waals surface area contributed by atoms with Crippen LogP contribution in [0.25, 0.3) is 11.1 Å². The van der Waals surface area contributed by atoms with Crippen molar-refractivity contribution in [3.63, 3.8) is 0 Å². The number of thiophene rings is 2. The number of methoxy groups -OCH3 is 1. The first kappa shape index (κ1) is 21.0. The standard InChI is InChI=1S/C20H19N3O3S3/c1-11-9-14(10-28-11)17(24)22-23-20(27)21-18-16(19(25)26-3)15(12(2)29-18)13-7-5-4-6-8-13/h4-10H,1-3H3,(H,22,24)(H2,21,23,27). The van der Waals surface area contributed by atoms with Crippen LogP contribution in [0.3, 0.4) is 0 Å². The normalized spacial score (nSPS) is 10.3. The van der Waals surface area contributed by atoms with E-state index in [1.807, 2.05) is 44.2 Å². The number of anilines is 1. The molecule has 29 heavy (non-hydrogen) atoms. The van der Waals surface area contributed by atoms with E-state index in [9.17, 15) is 9.59 Å². The number of thiocarbonyl (C=S) groups is 1. The molecule has 0 fully saturated rings. The van der Waals surface area contributed by atoms with Crippen molar-refractivity contribution in [1.29, 1.82) is 0 Å². The van der Waals surface area contributed by atoms with Gasteiger partial charge in [0.15, 0.2) is 5.11 Å². The molecule has 6 nitrogen and oxygen atoms in total. The molecule has 0 bridgehead atoms. The predicted octanol–water partition coefficient (Wildman–Crippen LogP) is 4.51. The summed E-state index contributed by atoms with van der Waals surface area (Å²) < 4.78 is 4.99. The van der Waals surface area contributed by atoms with E-state index in [2.05, 4.69) is 16.2 Å². The fourth-order valence-electron chi connectivity index (χ4n) is 2.76. The maximum Gasteiger partial charge on any atom is 0.341 e. The first-order valence-corrected chi connectivity index (χ1v) is 10.7. The quantitative estimate of drug-likeness (QED) is 0.312. The van der Waals surface area contributed by atoms with E-state index >= 15 is 0 Å². The number of amides is 1. The molecule has 0 spiro atoms. The summed E-state index contributed by atoms with van der Waals surface area (Å²) in [5.74, 6) is -0.754. The molecular weight excluding hydrogens is 426 g/mol.